The minimum atomic E-state index is -2.38. The topological polar surface area (TPSA) is 64.9 Å². The highest BCUT2D eigenvalue weighted by atomic mass is 32.2. The number of piperazine rings is 2. The Morgan fingerprint density at radius 2 is 1.84 bits per heavy atom. The van der Waals surface area contributed by atoms with Gasteiger partial charge in [-0.2, -0.15) is 4.98 Å². The number of alkyl halides is 2. The average Bonchev–Trinajstić information content (AvgIpc) is 3.00. The van der Waals surface area contributed by atoms with Crippen molar-refractivity contribution in [3.63, 3.8) is 0 Å². The number of benzene rings is 2. The van der Waals surface area contributed by atoms with E-state index in [1.165, 1.54) is 18.2 Å². The highest BCUT2D eigenvalue weighted by molar-refractivity contribution is 7.99. The molecule has 0 spiro atoms. The molecule has 2 aromatic carbocycles. The molecule has 2 saturated heterocycles. The third-order valence-electron chi connectivity index (χ3n) is 9.04. The van der Waals surface area contributed by atoms with Crippen LogP contribution in [0.25, 0.3) is 22.0 Å². The number of aromatic nitrogens is 2. The van der Waals surface area contributed by atoms with Crippen molar-refractivity contribution in [2.45, 2.75) is 37.3 Å². The molecule has 2 atom stereocenters. The van der Waals surface area contributed by atoms with Gasteiger partial charge >= 0.3 is 5.69 Å². The number of rotatable bonds is 7. The lowest BCUT2D eigenvalue weighted by Crippen LogP contribution is -2.54. The first-order valence-electron chi connectivity index (χ1n) is 15.1. The lowest BCUT2D eigenvalue weighted by atomic mass is 9.96. The summed E-state index contributed by atoms with van der Waals surface area (Å²) in [6.07, 6.45) is -1.08. The second kappa shape index (κ2) is 12.8. The molecule has 0 unspecified atom stereocenters. The molecule has 4 heterocycles. The number of carbonyl (C=O) groups excluding carboxylic acids is 1. The lowest BCUT2D eigenvalue weighted by molar-refractivity contribution is -0.126. The monoisotopic (exact) mass is 644 g/mol. The fraction of sp³-hybridized carbons (Fsp3) is 0.469. The van der Waals surface area contributed by atoms with E-state index < -0.39 is 23.7 Å². The predicted octanol–water partition coefficient (Wildman–Crippen LogP) is 4.40. The van der Waals surface area contributed by atoms with Gasteiger partial charge in [0, 0.05) is 91.6 Å². The molecule has 2 fully saturated rings. The molecule has 3 aliphatic rings. The second-order valence-electron chi connectivity index (χ2n) is 12.0. The van der Waals surface area contributed by atoms with E-state index in [1.54, 1.807) is 26.1 Å². The maximum Gasteiger partial charge on any atom is 0.350 e. The normalized spacial score (nSPS) is 21.1. The van der Waals surface area contributed by atoms with Crippen LogP contribution in [0.15, 0.2) is 46.6 Å². The predicted molar refractivity (Wildman–Crippen MR) is 168 cm³/mol. The number of carbonyl (C=O) groups is 1. The van der Waals surface area contributed by atoms with Gasteiger partial charge in [0.1, 0.15) is 17.5 Å². The van der Waals surface area contributed by atoms with Crippen molar-refractivity contribution >= 4 is 34.4 Å². The van der Waals surface area contributed by atoms with Gasteiger partial charge in [0.15, 0.2) is 0 Å². The van der Waals surface area contributed by atoms with Crippen LogP contribution >= 0.6 is 11.8 Å². The van der Waals surface area contributed by atoms with Crippen LogP contribution in [0, 0.1) is 18.6 Å². The van der Waals surface area contributed by atoms with E-state index in [-0.39, 0.29) is 30.1 Å². The molecule has 0 saturated carbocycles. The van der Waals surface area contributed by atoms with Crippen molar-refractivity contribution in [3.05, 3.63) is 64.6 Å². The molecule has 0 radical (unpaired) electrons. The molecular weight excluding hydrogens is 608 g/mol. The first-order valence-corrected chi connectivity index (χ1v) is 16.1. The summed E-state index contributed by atoms with van der Waals surface area (Å²) in [6, 6.07) is 5.07. The second-order valence-corrected chi connectivity index (χ2v) is 13.0. The summed E-state index contributed by atoms with van der Waals surface area (Å²) in [5.74, 6) is -0.462. The van der Waals surface area contributed by atoms with Crippen LogP contribution in [0.4, 0.5) is 23.4 Å². The molecule has 0 aliphatic carbocycles. The van der Waals surface area contributed by atoms with E-state index in [2.05, 4.69) is 16.5 Å². The average molecular weight is 645 g/mol. The van der Waals surface area contributed by atoms with Gasteiger partial charge in [-0.1, -0.05) is 6.58 Å². The van der Waals surface area contributed by atoms with Crippen molar-refractivity contribution in [1.29, 1.82) is 0 Å². The number of amides is 1. The van der Waals surface area contributed by atoms with E-state index in [4.69, 9.17) is 0 Å². The van der Waals surface area contributed by atoms with Crippen molar-refractivity contribution < 1.29 is 22.4 Å². The molecule has 45 heavy (non-hydrogen) atoms. The summed E-state index contributed by atoms with van der Waals surface area (Å²) in [5.41, 5.74) is 1.87. The van der Waals surface area contributed by atoms with Gasteiger partial charge in [0.2, 0.25) is 5.91 Å². The molecule has 13 heteroatoms. The summed E-state index contributed by atoms with van der Waals surface area (Å²) in [6.45, 7) is 11.4. The van der Waals surface area contributed by atoms with E-state index >= 15 is 4.39 Å². The van der Waals surface area contributed by atoms with Crippen LogP contribution in [-0.2, 0) is 4.79 Å². The van der Waals surface area contributed by atoms with Gasteiger partial charge in [0.25, 0.3) is 6.43 Å². The Balaban J connectivity index is 1.44. The molecule has 1 aromatic heterocycles. The zero-order valence-electron chi connectivity index (χ0n) is 25.3. The summed E-state index contributed by atoms with van der Waals surface area (Å²) in [5, 5.41) is 0.752. The highest BCUT2D eigenvalue weighted by Gasteiger charge is 2.34. The molecule has 3 aliphatic heterocycles. The van der Waals surface area contributed by atoms with Crippen LogP contribution in [0.3, 0.4) is 0 Å². The third kappa shape index (κ3) is 6.09. The maximum absolute atomic E-state index is 15.2. The van der Waals surface area contributed by atoms with E-state index in [0.29, 0.717) is 75.0 Å². The smallest absolute Gasteiger partial charge is 0.350 e. The van der Waals surface area contributed by atoms with Gasteiger partial charge in [0.05, 0.1) is 18.1 Å². The number of thioether (sulfide) groups is 1. The molecule has 0 N–H and O–H groups in total. The van der Waals surface area contributed by atoms with Gasteiger partial charge in [-0.05, 0) is 43.7 Å². The van der Waals surface area contributed by atoms with Crippen LogP contribution in [0.1, 0.15) is 18.5 Å². The molecule has 0 bridgehead atoms. The van der Waals surface area contributed by atoms with E-state index in [1.807, 2.05) is 24.8 Å². The summed E-state index contributed by atoms with van der Waals surface area (Å²) in [7, 11) is 0. The van der Waals surface area contributed by atoms with Crippen LogP contribution in [-0.4, -0.2) is 107 Å². The fourth-order valence-electron chi connectivity index (χ4n) is 6.85. The summed E-state index contributed by atoms with van der Waals surface area (Å²) >= 11 is 1.54. The van der Waals surface area contributed by atoms with Crippen LogP contribution in [0.5, 0.6) is 0 Å². The summed E-state index contributed by atoms with van der Waals surface area (Å²) in [4.78, 5) is 39.4. The number of hydrogen-bond acceptors (Lipinski definition) is 7. The van der Waals surface area contributed by atoms with Crippen LogP contribution < -0.4 is 10.6 Å². The van der Waals surface area contributed by atoms with Gasteiger partial charge in [-0.25, -0.2) is 22.4 Å². The molecule has 1 amide bonds. The molecular formula is C32H36F4N6O2S. The highest BCUT2D eigenvalue weighted by Crippen LogP contribution is 2.46. The van der Waals surface area contributed by atoms with E-state index in [0.717, 1.165) is 21.9 Å². The number of anilines is 1. The van der Waals surface area contributed by atoms with E-state index in [9.17, 15) is 22.8 Å². The number of hydrogen-bond donors (Lipinski definition) is 0. The zero-order chi connectivity index (χ0) is 32.0. The zero-order valence-corrected chi connectivity index (χ0v) is 26.1. The quantitative estimate of drug-likeness (QED) is 0.279. The van der Waals surface area contributed by atoms with Crippen LogP contribution in [0.2, 0.25) is 0 Å². The molecule has 8 nitrogen and oxygen atoms in total. The van der Waals surface area contributed by atoms with Gasteiger partial charge in [-0.15, -0.1) is 11.8 Å². The Hall–Kier alpha value is -3.42. The Morgan fingerprint density at radius 1 is 1.11 bits per heavy atom. The summed E-state index contributed by atoms with van der Waals surface area (Å²) < 4.78 is 56.7. The lowest BCUT2D eigenvalue weighted by Gasteiger charge is -2.41. The Morgan fingerprint density at radius 3 is 2.51 bits per heavy atom. The van der Waals surface area contributed by atoms with Crippen molar-refractivity contribution in [1.82, 2.24) is 24.3 Å². The SMILES string of the molecule is C=CC(=O)N1CCN(c2nc(=O)n3c4c(c(-c5ccc(F)cc5F)c(C)cc24)SC[C@@H]3CN2CCN(CC(F)F)CC2)[C@@H](C)C1. The third-order valence-corrected chi connectivity index (χ3v) is 10.3. The number of aryl methyl sites for hydroxylation is 1. The maximum atomic E-state index is 15.2. The van der Waals surface area contributed by atoms with Gasteiger partial charge < -0.3 is 9.80 Å². The minimum absolute atomic E-state index is 0.137. The number of halogens is 4. The Labute approximate surface area is 263 Å². The molecule has 6 rings (SSSR count). The molecule has 240 valence electrons. The first kappa shape index (κ1) is 31.6. The Kier molecular flexibility index (Phi) is 8.95. The van der Waals surface area contributed by atoms with Crippen molar-refractivity contribution in [2.75, 3.05) is 69.6 Å². The fourth-order valence-corrected chi connectivity index (χ4v) is 8.22. The van der Waals surface area contributed by atoms with Gasteiger partial charge in [-0.3, -0.25) is 19.2 Å². The molecule has 3 aromatic rings. The standard InChI is InChI=1S/C32H36F4N6O2S/c1-4-27(43)40-11-12-41(20(3)15-40)31-24-13-19(2)28(23-6-5-21(33)14-25(23)34)30-29(24)42(32(44)37-31)22(18-45-30)16-38-7-9-39(10-8-38)17-26(35)36/h4-6,13-14,20,22,26H,1,7-12,15-18H2,2-3H3/t20-,22-/m0/s1. The largest absolute Gasteiger partial charge is 0.350 e. The van der Waals surface area contributed by atoms with Crippen molar-refractivity contribution in [2.24, 2.45) is 0 Å². The minimum Gasteiger partial charge on any atom is -0.350 e. The Bertz CT molecular complexity index is 1690. The number of nitrogens with zero attached hydrogens (tertiary/aromatic N) is 6. The van der Waals surface area contributed by atoms with Crippen molar-refractivity contribution in [3.8, 4) is 11.1 Å². The first-order chi connectivity index (χ1) is 21.5.